The molecule has 0 saturated carbocycles. The van der Waals surface area contributed by atoms with Crippen LogP contribution in [0, 0.1) is 6.92 Å². The molecular formula is C12H20N2OS. The molecule has 0 bridgehead atoms. The van der Waals surface area contributed by atoms with Gasteiger partial charge in [-0.3, -0.25) is 0 Å². The van der Waals surface area contributed by atoms with Gasteiger partial charge in [0.2, 0.25) is 0 Å². The van der Waals surface area contributed by atoms with Crippen LogP contribution in [-0.4, -0.2) is 29.3 Å². The van der Waals surface area contributed by atoms with E-state index in [1.165, 1.54) is 4.88 Å². The van der Waals surface area contributed by atoms with Crippen molar-refractivity contribution in [3.63, 3.8) is 0 Å². The summed E-state index contributed by atoms with van der Waals surface area (Å²) in [7, 11) is 2.12. The van der Waals surface area contributed by atoms with Gasteiger partial charge in [0, 0.05) is 17.8 Å². The van der Waals surface area contributed by atoms with E-state index in [1.54, 1.807) is 18.3 Å². The summed E-state index contributed by atoms with van der Waals surface area (Å²) in [4.78, 5) is 18.6. The normalized spacial score (nSPS) is 11.0. The summed E-state index contributed by atoms with van der Waals surface area (Å²) >= 11 is 1.72. The number of hydrogen-bond donors (Lipinski definition) is 0. The van der Waals surface area contributed by atoms with Gasteiger partial charge < -0.3 is 9.69 Å². The Morgan fingerprint density at radius 1 is 1.50 bits per heavy atom. The number of unbranched alkanes of at least 4 members (excludes halogenated alkanes) is 1. The smallest absolute Gasteiger partial charge is 0.129 e. The number of nitrogens with zero attached hydrogens (tertiary/aromatic N) is 2. The molecule has 0 amide bonds. The van der Waals surface area contributed by atoms with E-state index in [-0.39, 0.29) is 0 Å². The van der Waals surface area contributed by atoms with Crippen LogP contribution in [0.2, 0.25) is 0 Å². The van der Waals surface area contributed by atoms with Crippen LogP contribution in [0.15, 0.2) is 5.51 Å². The summed E-state index contributed by atoms with van der Waals surface area (Å²) in [5.74, 6) is 0.293. The van der Waals surface area contributed by atoms with Crippen LogP contribution in [0.1, 0.15) is 36.8 Å². The highest BCUT2D eigenvalue weighted by Crippen LogP contribution is 2.14. The van der Waals surface area contributed by atoms with Crippen molar-refractivity contribution >= 4 is 17.1 Å². The second-order valence-corrected chi connectivity index (χ2v) is 5.20. The summed E-state index contributed by atoms with van der Waals surface area (Å²) in [6.07, 6.45) is 2.81. The maximum Gasteiger partial charge on any atom is 0.129 e. The van der Waals surface area contributed by atoms with E-state index < -0.39 is 0 Å². The molecule has 1 heterocycles. The van der Waals surface area contributed by atoms with Crippen LogP contribution < -0.4 is 0 Å². The predicted octanol–water partition coefficient (Wildman–Crippen LogP) is 2.64. The molecule has 0 spiro atoms. The minimum atomic E-state index is 0.293. The summed E-state index contributed by atoms with van der Waals surface area (Å²) in [5, 5.41) is 0. The summed E-state index contributed by atoms with van der Waals surface area (Å²) < 4.78 is 0. The van der Waals surface area contributed by atoms with E-state index >= 15 is 0 Å². The number of carbonyl (C=O) groups is 1. The monoisotopic (exact) mass is 240 g/mol. The van der Waals surface area contributed by atoms with E-state index in [0.29, 0.717) is 12.2 Å². The molecule has 0 saturated heterocycles. The first-order valence-electron chi connectivity index (χ1n) is 5.66. The van der Waals surface area contributed by atoms with Crippen molar-refractivity contribution in [1.29, 1.82) is 0 Å². The lowest BCUT2D eigenvalue weighted by molar-refractivity contribution is -0.117. The largest absolute Gasteiger partial charge is 0.301 e. The number of aromatic nitrogens is 1. The zero-order valence-corrected chi connectivity index (χ0v) is 11.1. The van der Waals surface area contributed by atoms with E-state index in [2.05, 4.69) is 23.9 Å². The number of aryl methyl sites for hydroxylation is 1. The van der Waals surface area contributed by atoms with Crippen molar-refractivity contribution < 1.29 is 4.79 Å². The highest BCUT2D eigenvalue weighted by molar-refractivity contribution is 7.09. The lowest BCUT2D eigenvalue weighted by Crippen LogP contribution is -2.19. The Labute approximate surface area is 101 Å². The van der Waals surface area contributed by atoms with Crippen molar-refractivity contribution in [2.24, 2.45) is 0 Å². The van der Waals surface area contributed by atoms with Crippen LogP contribution in [0.25, 0.3) is 0 Å². The number of carbonyl (C=O) groups excluding carboxylic acids is 1. The molecule has 0 unspecified atom stereocenters. The quantitative estimate of drug-likeness (QED) is 0.687. The molecule has 16 heavy (non-hydrogen) atoms. The van der Waals surface area contributed by atoms with Gasteiger partial charge >= 0.3 is 0 Å². The topological polar surface area (TPSA) is 33.2 Å². The Balaban J connectivity index is 2.19. The highest BCUT2D eigenvalue weighted by atomic mass is 32.1. The highest BCUT2D eigenvalue weighted by Gasteiger charge is 2.05. The Kier molecular flexibility index (Phi) is 5.63. The summed E-state index contributed by atoms with van der Waals surface area (Å²) in [5.41, 5.74) is 3.04. The SMILES string of the molecule is CC(=O)CCCCN(C)Cc1scnc1C. The molecular weight excluding hydrogens is 220 g/mol. The maximum absolute atomic E-state index is 10.8. The number of ketones is 1. The minimum Gasteiger partial charge on any atom is -0.301 e. The molecule has 0 N–H and O–H groups in total. The second kappa shape index (κ2) is 6.76. The zero-order valence-electron chi connectivity index (χ0n) is 10.3. The number of Topliss-reactive ketones (excluding diaryl/α,β-unsaturated/α-hetero) is 1. The van der Waals surface area contributed by atoms with E-state index in [4.69, 9.17) is 0 Å². The molecule has 3 nitrogen and oxygen atoms in total. The Morgan fingerprint density at radius 3 is 2.81 bits per heavy atom. The van der Waals surface area contributed by atoms with Gasteiger partial charge in [-0.15, -0.1) is 11.3 Å². The van der Waals surface area contributed by atoms with Crippen LogP contribution in [-0.2, 0) is 11.3 Å². The molecule has 0 fully saturated rings. The van der Waals surface area contributed by atoms with Gasteiger partial charge in [-0.05, 0) is 40.3 Å². The van der Waals surface area contributed by atoms with Gasteiger partial charge in [0.05, 0.1) is 11.2 Å². The third-order valence-electron chi connectivity index (χ3n) is 2.58. The average Bonchev–Trinajstić information content (AvgIpc) is 2.59. The Hall–Kier alpha value is -0.740. The predicted molar refractivity (Wildman–Crippen MR) is 67.7 cm³/mol. The molecule has 90 valence electrons. The first-order valence-corrected chi connectivity index (χ1v) is 6.54. The van der Waals surface area contributed by atoms with Gasteiger partial charge in [0.15, 0.2) is 0 Å². The molecule has 1 rings (SSSR count). The molecule has 0 aromatic carbocycles. The Morgan fingerprint density at radius 2 is 2.25 bits per heavy atom. The third-order valence-corrected chi connectivity index (χ3v) is 3.50. The van der Waals surface area contributed by atoms with E-state index in [1.807, 2.05) is 5.51 Å². The third kappa shape index (κ3) is 4.86. The van der Waals surface area contributed by atoms with Gasteiger partial charge in [-0.25, -0.2) is 4.98 Å². The molecule has 4 heteroatoms. The maximum atomic E-state index is 10.8. The van der Waals surface area contributed by atoms with Gasteiger partial charge in [-0.2, -0.15) is 0 Å². The van der Waals surface area contributed by atoms with Crippen LogP contribution in [0.5, 0.6) is 0 Å². The molecule has 0 aliphatic heterocycles. The number of hydrogen-bond acceptors (Lipinski definition) is 4. The minimum absolute atomic E-state index is 0.293. The molecule has 1 aromatic rings. The lowest BCUT2D eigenvalue weighted by Gasteiger charge is -2.15. The van der Waals surface area contributed by atoms with Crippen molar-refractivity contribution in [3.05, 3.63) is 16.1 Å². The van der Waals surface area contributed by atoms with Crippen LogP contribution >= 0.6 is 11.3 Å². The lowest BCUT2D eigenvalue weighted by atomic mass is 10.2. The first-order chi connectivity index (χ1) is 7.59. The van der Waals surface area contributed by atoms with Gasteiger partial charge in [-0.1, -0.05) is 0 Å². The molecule has 1 aromatic heterocycles. The van der Waals surface area contributed by atoms with Crippen LogP contribution in [0.4, 0.5) is 0 Å². The molecule has 0 atom stereocenters. The fourth-order valence-corrected chi connectivity index (χ4v) is 2.41. The average molecular weight is 240 g/mol. The molecule has 0 aliphatic carbocycles. The second-order valence-electron chi connectivity index (χ2n) is 4.26. The number of rotatable bonds is 7. The van der Waals surface area contributed by atoms with Crippen LogP contribution in [0.3, 0.4) is 0 Å². The summed E-state index contributed by atoms with van der Waals surface area (Å²) in [6, 6.07) is 0. The fraction of sp³-hybridized carbons (Fsp3) is 0.667. The van der Waals surface area contributed by atoms with Gasteiger partial charge in [0.1, 0.15) is 5.78 Å². The van der Waals surface area contributed by atoms with E-state index in [0.717, 1.165) is 31.6 Å². The van der Waals surface area contributed by atoms with Crippen molar-refractivity contribution in [2.75, 3.05) is 13.6 Å². The van der Waals surface area contributed by atoms with Crippen molar-refractivity contribution in [1.82, 2.24) is 9.88 Å². The van der Waals surface area contributed by atoms with E-state index in [9.17, 15) is 4.79 Å². The van der Waals surface area contributed by atoms with Crippen molar-refractivity contribution in [3.8, 4) is 0 Å². The summed E-state index contributed by atoms with van der Waals surface area (Å²) in [6.45, 7) is 5.72. The zero-order chi connectivity index (χ0) is 12.0. The van der Waals surface area contributed by atoms with Crippen molar-refractivity contribution in [2.45, 2.75) is 39.7 Å². The standard InChI is InChI=1S/C12H20N2OS/c1-10(15)6-4-5-7-14(3)8-12-11(2)13-9-16-12/h9H,4-8H2,1-3H3. The van der Waals surface area contributed by atoms with Gasteiger partial charge in [0.25, 0.3) is 0 Å². The first kappa shape index (κ1) is 13.3. The Bertz CT molecular complexity index is 336. The fourth-order valence-electron chi connectivity index (χ4n) is 1.56. The number of thiazole rings is 1. The molecule has 0 radical (unpaired) electrons. The molecule has 0 aliphatic rings.